The first kappa shape index (κ1) is 20.1. The second-order valence-electron chi connectivity index (χ2n) is 6.99. The molecular formula is C18H23F3N6O. The first-order valence-electron chi connectivity index (χ1n) is 9.20. The zero-order chi connectivity index (χ0) is 20.3. The molecule has 0 saturated carbocycles. The summed E-state index contributed by atoms with van der Waals surface area (Å²) in [6.45, 7) is 3.73. The highest BCUT2D eigenvalue weighted by molar-refractivity contribution is 5.91. The van der Waals surface area contributed by atoms with Crippen LogP contribution in [0.1, 0.15) is 41.0 Å². The molecule has 1 aliphatic rings. The number of likely N-dealkylation sites (N-methyl/N-ethyl adjacent to an activating group) is 1. The van der Waals surface area contributed by atoms with Crippen LogP contribution in [0.4, 0.5) is 19.0 Å². The maximum Gasteiger partial charge on any atom is 0.416 e. The van der Waals surface area contributed by atoms with Gasteiger partial charge in [0.1, 0.15) is 5.82 Å². The van der Waals surface area contributed by atoms with Crippen LogP contribution >= 0.6 is 0 Å². The van der Waals surface area contributed by atoms with Gasteiger partial charge in [-0.15, -0.1) is 5.10 Å². The van der Waals surface area contributed by atoms with Crippen LogP contribution in [0.25, 0.3) is 0 Å². The first-order chi connectivity index (χ1) is 13.2. The number of carbonyl (C=O) groups is 1. The lowest BCUT2D eigenvalue weighted by Gasteiger charge is -2.25. The van der Waals surface area contributed by atoms with E-state index in [9.17, 15) is 18.0 Å². The van der Waals surface area contributed by atoms with Gasteiger partial charge in [0.15, 0.2) is 5.69 Å². The van der Waals surface area contributed by atoms with Crippen LogP contribution in [0, 0.1) is 6.92 Å². The minimum Gasteiger partial charge on any atom is -0.358 e. The van der Waals surface area contributed by atoms with E-state index in [2.05, 4.69) is 15.3 Å². The number of likely N-dealkylation sites (tertiary alicyclic amines) is 1. The van der Waals surface area contributed by atoms with Gasteiger partial charge in [-0.05, 0) is 38.3 Å². The fourth-order valence-corrected chi connectivity index (χ4v) is 3.14. The highest BCUT2D eigenvalue weighted by Gasteiger charge is 2.31. The van der Waals surface area contributed by atoms with Crippen molar-refractivity contribution in [2.75, 3.05) is 31.6 Å². The Balaban J connectivity index is 1.62. The molecule has 1 amide bonds. The van der Waals surface area contributed by atoms with E-state index in [1.807, 2.05) is 0 Å². The molecule has 2 aromatic heterocycles. The van der Waals surface area contributed by atoms with E-state index < -0.39 is 11.7 Å². The molecule has 0 unspecified atom stereocenters. The summed E-state index contributed by atoms with van der Waals surface area (Å²) in [6.07, 6.45) is 0.280. The topological polar surface area (TPSA) is 67.2 Å². The lowest BCUT2D eigenvalue weighted by Crippen LogP contribution is -2.35. The van der Waals surface area contributed by atoms with E-state index >= 15 is 0 Å². The summed E-state index contributed by atoms with van der Waals surface area (Å²) in [6, 6.07) is 2.05. The highest BCUT2D eigenvalue weighted by Crippen LogP contribution is 2.31. The van der Waals surface area contributed by atoms with Crippen LogP contribution in [-0.2, 0) is 12.7 Å². The summed E-state index contributed by atoms with van der Waals surface area (Å²) in [5, 5.41) is 7.91. The summed E-state index contributed by atoms with van der Waals surface area (Å²) < 4.78 is 40.5. The van der Waals surface area contributed by atoms with E-state index in [0.29, 0.717) is 18.8 Å². The van der Waals surface area contributed by atoms with Gasteiger partial charge in [0, 0.05) is 32.4 Å². The van der Waals surface area contributed by atoms with Crippen LogP contribution in [0.15, 0.2) is 18.3 Å². The number of aryl methyl sites for hydroxylation is 1. The third-order valence-electron chi connectivity index (χ3n) is 4.72. The molecule has 1 aliphatic heterocycles. The normalized spacial score (nSPS) is 15.0. The number of halogens is 3. The van der Waals surface area contributed by atoms with Gasteiger partial charge < -0.3 is 9.80 Å². The van der Waals surface area contributed by atoms with Gasteiger partial charge in [0.25, 0.3) is 5.91 Å². The zero-order valence-electron chi connectivity index (χ0n) is 15.9. The van der Waals surface area contributed by atoms with Crippen molar-refractivity contribution in [1.82, 2.24) is 24.9 Å². The number of aromatic nitrogens is 4. The standard InChI is InChI=1S/C18H23F3N6O/c1-13-10-14(18(19,20)21)11-16(22-13)25(2)8-9-27-12-15(23-24-27)17(28)26-6-4-3-5-7-26/h10-12H,3-9H2,1-2H3. The number of hydrogen-bond acceptors (Lipinski definition) is 5. The van der Waals surface area contributed by atoms with E-state index in [1.54, 1.807) is 23.0 Å². The van der Waals surface area contributed by atoms with Crippen molar-refractivity contribution in [3.63, 3.8) is 0 Å². The van der Waals surface area contributed by atoms with Gasteiger partial charge >= 0.3 is 6.18 Å². The molecule has 0 radical (unpaired) electrons. The number of pyridine rings is 1. The minimum absolute atomic E-state index is 0.130. The van der Waals surface area contributed by atoms with Gasteiger partial charge in [-0.1, -0.05) is 5.21 Å². The number of hydrogen-bond donors (Lipinski definition) is 0. The second kappa shape index (κ2) is 8.15. The van der Waals surface area contributed by atoms with Gasteiger partial charge in [-0.3, -0.25) is 4.79 Å². The smallest absolute Gasteiger partial charge is 0.358 e. The fraction of sp³-hybridized carbons (Fsp3) is 0.556. The molecule has 2 aromatic rings. The second-order valence-corrected chi connectivity index (χ2v) is 6.99. The van der Waals surface area contributed by atoms with Crippen LogP contribution in [-0.4, -0.2) is 57.5 Å². The SMILES string of the molecule is Cc1cc(C(F)(F)F)cc(N(C)CCn2cc(C(=O)N3CCCCC3)nn2)n1. The van der Waals surface area contributed by atoms with Crippen molar-refractivity contribution < 1.29 is 18.0 Å². The molecule has 10 heteroatoms. The molecular weight excluding hydrogens is 373 g/mol. The first-order valence-corrected chi connectivity index (χ1v) is 9.20. The molecule has 7 nitrogen and oxygen atoms in total. The van der Waals surface area contributed by atoms with E-state index in [0.717, 1.165) is 44.5 Å². The molecule has 1 saturated heterocycles. The molecule has 28 heavy (non-hydrogen) atoms. The Morgan fingerprint density at radius 2 is 1.93 bits per heavy atom. The Morgan fingerprint density at radius 3 is 2.61 bits per heavy atom. The number of anilines is 1. The predicted octanol–water partition coefficient (Wildman–Crippen LogP) is 2.76. The Bertz CT molecular complexity index is 829. The quantitative estimate of drug-likeness (QED) is 0.778. The van der Waals surface area contributed by atoms with E-state index in [1.165, 1.54) is 11.6 Å². The molecule has 0 atom stereocenters. The number of nitrogens with zero attached hydrogens (tertiary/aromatic N) is 6. The van der Waals surface area contributed by atoms with Crippen LogP contribution in [0.5, 0.6) is 0 Å². The van der Waals surface area contributed by atoms with Crippen molar-refractivity contribution in [3.05, 3.63) is 35.3 Å². The maximum absolute atomic E-state index is 13.0. The molecule has 0 aliphatic carbocycles. The Morgan fingerprint density at radius 1 is 1.21 bits per heavy atom. The molecule has 3 rings (SSSR count). The van der Waals surface area contributed by atoms with Crippen LogP contribution in [0.3, 0.4) is 0 Å². The maximum atomic E-state index is 13.0. The van der Waals surface area contributed by atoms with Crippen molar-refractivity contribution in [2.45, 2.75) is 38.9 Å². The monoisotopic (exact) mass is 396 g/mol. The van der Waals surface area contributed by atoms with Gasteiger partial charge in [-0.2, -0.15) is 13.2 Å². The summed E-state index contributed by atoms with van der Waals surface area (Å²) in [5.41, 5.74) is -0.138. The Kier molecular flexibility index (Phi) is 5.85. The molecule has 0 bridgehead atoms. The minimum atomic E-state index is -4.42. The van der Waals surface area contributed by atoms with Crippen LogP contribution < -0.4 is 4.90 Å². The highest BCUT2D eigenvalue weighted by atomic mass is 19.4. The number of carbonyl (C=O) groups excluding carboxylic acids is 1. The largest absolute Gasteiger partial charge is 0.416 e. The third kappa shape index (κ3) is 4.79. The zero-order valence-corrected chi connectivity index (χ0v) is 15.9. The van der Waals surface area contributed by atoms with Crippen molar-refractivity contribution in [1.29, 1.82) is 0 Å². The predicted molar refractivity (Wildman–Crippen MR) is 97.0 cm³/mol. The van der Waals surface area contributed by atoms with Crippen LogP contribution in [0.2, 0.25) is 0 Å². The number of amides is 1. The van der Waals surface area contributed by atoms with E-state index in [-0.39, 0.29) is 17.4 Å². The van der Waals surface area contributed by atoms with Crippen molar-refractivity contribution >= 4 is 11.7 Å². The number of rotatable bonds is 5. The molecule has 0 aromatic carbocycles. The van der Waals surface area contributed by atoms with Crippen molar-refractivity contribution in [2.24, 2.45) is 0 Å². The molecule has 0 spiro atoms. The average molecular weight is 396 g/mol. The van der Waals surface area contributed by atoms with Gasteiger partial charge in [0.05, 0.1) is 18.3 Å². The number of piperidine rings is 1. The number of alkyl halides is 3. The summed E-state index contributed by atoms with van der Waals surface area (Å²) in [7, 11) is 1.67. The third-order valence-corrected chi connectivity index (χ3v) is 4.72. The lowest BCUT2D eigenvalue weighted by atomic mass is 10.1. The Labute approximate surface area is 161 Å². The average Bonchev–Trinajstić information content (AvgIpc) is 3.14. The van der Waals surface area contributed by atoms with E-state index in [4.69, 9.17) is 0 Å². The molecule has 1 fully saturated rings. The van der Waals surface area contributed by atoms with Gasteiger partial charge in [-0.25, -0.2) is 9.67 Å². The van der Waals surface area contributed by atoms with Gasteiger partial charge in [0.2, 0.25) is 0 Å². The summed E-state index contributed by atoms with van der Waals surface area (Å²) in [4.78, 5) is 20.0. The summed E-state index contributed by atoms with van der Waals surface area (Å²) >= 11 is 0. The molecule has 152 valence electrons. The molecule has 3 heterocycles. The lowest BCUT2D eigenvalue weighted by molar-refractivity contribution is -0.137. The fourth-order valence-electron chi connectivity index (χ4n) is 3.14. The Hall–Kier alpha value is -2.65. The molecule has 0 N–H and O–H groups in total. The van der Waals surface area contributed by atoms with Crippen molar-refractivity contribution in [3.8, 4) is 0 Å². The summed E-state index contributed by atoms with van der Waals surface area (Å²) in [5.74, 6) is 0.103.